The molecule has 0 spiro atoms. The third-order valence-electron chi connectivity index (χ3n) is 3.68. The van der Waals surface area contributed by atoms with E-state index in [1.165, 1.54) is 0 Å². The molecule has 0 radical (unpaired) electrons. The summed E-state index contributed by atoms with van der Waals surface area (Å²) in [4.78, 5) is 19.5. The van der Waals surface area contributed by atoms with Gasteiger partial charge in [0.2, 0.25) is 0 Å². The summed E-state index contributed by atoms with van der Waals surface area (Å²) in [6.45, 7) is 1.28. The minimum Gasteiger partial charge on any atom is -0.491 e. The van der Waals surface area contributed by atoms with Crippen molar-refractivity contribution >= 4 is 5.91 Å². The maximum Gasteiger partial charge on any atom is 0.289 e. The lowest BCUT2D eigenvalue weighted by atomic mass is 10.1. The maximum absolute atomic E-state index is 13.7. The molecule has 0 saturated carbocycles. The summed E-state index contributed by atoms with van der Waals surface area (Å²) in [6.07, 6.45) is 4.88. The zero-order valence-corrected chi connectivity index (χ0v) is 12.8. The van der Waals surface area contributed by atoms with Crippen LogP contribution in [-0.4, -0.2) is 22.5 Å². The molecule has 0 bridgehead atoms. The molecule has 8 heteroatoms. The van der Waals surface area contributed by atoms with Crippen LogP contribution in [0.5, 0.6) is 5.75 Å². The number of carbonyl (C=O) groups is 1. The quantitative estimate of drug-likeness (QED) is 0.931. The molecule has 5 nitrogen and oxygen atoms in total. The molecule has 1 N–H and O–H groups in total. The van der Waals surface area contributed by atoms with Crippen LogP contribution in [0.4, 0.5) is 13.2 Å². The summed E-state index contributed by atoms with van der Waals surface area (Å²) in [5.74, 6) is -4.55. The van der Waals surface area contributed by atoms with E-state index in [1.54, 1.807) is 12.4 Å². The van der Waals surface area contributed by atoms with Crippen molar-refractivity contribution < 1.29 is 22.7 Å². The van der Waals surface area contributed by atoms with E-state index in [2.05, 4.69) is 15.3 Å². The number of nitrogens with zero attached hydrogens (tertiary/aromatic N) is 2. The fourth-order valence-electron chi connectivity index (χ4n) is 2.50. The number of pyridine rings is 2. The van der Waals surface area contributed by atoms with Crippen molar-refractivity contribution in [3.63, 3.8) is 0 Å². The van der Waals surface area contributed by atoms with Gasteiger partial charge in [-0.1, -0.05) is 0 Å². The Morgan fingerprint density at radius 2 is 2.17 bits per heavy atom. The largest absolute Gasteiger partial charge is 0.491 e. The van der Waals surface area contributed by atoms with Gasteiger partial charge >= 0.3 is 0 Å². The standard InChI is InChI=1S/C16H14F3N3O2/c1-16(18,19)14-12(17)4-9(6-21-14)15(23)22-7-10-5-20-8-13-11(10)2-3-24-13/h4-6,8H,2-3,7H2,1H3,(H,22,23). The van der Waals surface area contributed by atoms with Crippen LogP contribution in [0.2, 0.25) is 0 Å². The van der Waals surface area contributed by atoms with Gasteiger partial charge in [0.05, 0.1) is 18.4 Å². The Kier molecular flexibility index (Phi) is 4.13. The first kappa shape index (κ1) is 16.2. The van der Waals surface area contributed by atoms with Crippen LogP contribution in [0.3, 0.4) is 0 Å². The number of nitrogens with one attached hydrogen (secondary N) is 1. The summed E-state index contributed by atoms with van der Waals surface area (Å²) in [5.41, 5.74) is 0.651. The topological polar surface area (TPSA) is 64.1 Å². The molecule has 0 saturated heterocycles. The first-order valence-corrected chi connectivity index (χ1v) is 7.27. The highest BCUT2D eigenvalue weighted by molar-refractivity contribution is 5.93. The Labute approximate surface area is 135 Å². The van der Waals surface area contributed by atoms with E-state index in [0.717, 1.165) is 29.8 Å². The molecule has 3 heterocycles. The monoisotopic (exact) mass is 337 g/mol. The molecule has 3 rings (SSSR count). The molecule has 24 heavy (non-hydrogen) atoms. The minimum absolute atomic E-state index is 0.128. The van der Waals surface area contributed by atoms with Crippen molar-refractivity contribution in [3.05, 3.63) is 52.9 Å². The molecular weight excluding hydrogens is 323 g/mol. The van der Waals surface area contributed by atoms with Gasteiger partial charge in [0.1, 0.15) is 11.4 Å². The smallest absolute Gasteiger partial charge is 0.289 e. The van der Waals surface area contributed by atoms with E-state index in [4.69, 9.17) is 4.74 Å². The van der Waals surface area contributed by atoms with E-state index in [0.29, 0.717) is 19.3 Å². The van der Waals surface area contributed by atoms with Crippen molar-refractivity contribution in [1.82, 2.24) is 15.3 Å². The SMILES string of the molecule is CC(F)(F)c1ncc(C(=O)NCc2cncc3c2CCO3)cc1F. The number of ether oxygens (including phenoxy) is 1. The zero-order chi connectivity index (χ0) is 17.3. The van der Waals surface area contributed by atoms with Gasteiger partial charge in [0.15, 0.2) is 5.82 Å². The average Bonchev–Trinajstić information content (AvgIpc) is 3.00. The fourth-order valence-corrected chi connectivity index (χ4v) is 2.50. The number of rotatable bonds is 4. The maximum atomic E-state index is 13.7. The molecule has 0 aliphatic carbocycles. The Morgan fingerprint density at radius 1 is 1.38 bits per heavy atom. The molecule has 2 aromatic rings. The Morgan fingerprint density at radius 3 is 2.88 bits per heavy atom. The highest BCUT2D eigenvalue weighted by Gasteiger charge is 2.30. The highest BCUT2D eigenvalue weighted by Crippen LogP contribution is 2.28. The summed E-state index contributed by atoms with van der Waals surface area (Å²) < 4.78 is 45.3. The van der Waals surface area contributed by atoms with Gasteiger partial charge in [0.25, 0.3) is 11.8 Å². The molecule has 0 fully saturated rings. The van der Waals surface area contributed by atoms with Crippen LogP contribution in [0.25, 0.3) is 0 Å². The summed E-state index contributed by atoms with van der Waals surface area (Å²) in [6, 6.07) is 0.756. The lowest BCUT2D eigenvalue weighted by Crippen LogP contribution is -2.24. The number of aromatic nitrogens is 2. The fraction of sp³-hybridized carbons (Fsp3) is 0.312. The van der Waals surface area contributed by atoms with Gasteiger partial charge < -0.3 is 10.1 Å². The van der Waals surface area contributed by atoms with Crippen molar-refractivity contribution in [2.24, 2.45) is 0 Å². The number of alkyl halides is 2. The van der Waals surface area contributed by atoms with Crippen molar-refractivity contribution in [1.29, 1.82) is 0 Å². The number of hydrogen-bond acceptors (Lipinski definition) is 4. The number of halogens is 3. The summed E-state index contributed by atoms with van der Waals surface area (Å²) in [5, 5.41) is 2.60. The number of hydrogen-bond donors (Lipinski definition) is 1. The third kappa shape index (κ3) is 3.17. The van der Waals surface area contributed by atoms with Gasteiger partial charge in [-0.05, 0) is 11.6 Å². The van der Waals surface area contributed by atoms with Crippen LogP contribution < -0.4 is 10.1 Å². The molecule has 1 aliphatic heterocycles. The Balaban J connectivity index is 1.72. The molecule has 1 amide bonds. The van der Waals surface area contributed by atoms with Crippen molar-refractivity contribution in [3.8, 4) is 5.75 Å². The number of fused-ring (bicyclic) bond motifs is 1. The summed E-state index contributed by atoms with van der Waals surface area (Å²) in [7, 11) is 0. The zero-order valence-electron chi connectivity index (χ0n) is 12.8. The second kappa shape index (κ2) is 6.10. The van der Waals surface area contributed by atoms with E-state index in [9.17, 15) is 18.0 Å². The first-order valence-electron chi connectivity index (χ1n) is 7.27. The van der Waals surface area contributed by atoms with Crippen molar-refractivity contribution in [2.45, 2.75) is 25.8 Å². The first-order chi connectivity index (χ1) is 11.4. The molecule has 2 aromatic heterocycles. The van der Waals surface area contributed by atoms with E-state index < -0.39 is 23.3 Å². The van der Waals surface area contributed by atoms with Gasteiger partial charge in [0, 0.05) is 37.8 Å². The van der Waals surface area contributed by atoms with E-state index >= 15 is 0 Å². The predicted octanol–water partition coefficient (Wildman–Crippen LogP) is 2.59. The van der Waals surface area contributed by atoms with Gasteiger partial charge in [-0.3, -0.25) is 14.8 Å². The molecule has 0 atom stereocenters. The second-order valence-corrected chi connectivity index (χ2v) is 5.50. The lowest BCUT2D eigenvalue weighted by Gasteiger charge is -2.12. The van der Waals surface area contributed by atoms with Gasteiger partial charge in [-0.15, -0.1) is 0 Å². The second-order valence-electron chi connectivity index (χ2n) is 5.50. The Hall–Kier alpha value is -2.64. The van der Waals surface area contributed by atoms with Crippen LogP contribution in [0.15, 0.2) is 24.7 Å². The average molecular weight is 337 g/mol. The minimum atomic E-state index is -3.41. The molecule has 0 aromatic carbocycles. The Bertz CT molecular complexity index is 791. The predicted molar refractivity (Wildman–Crippen MR) is 78.4 cm³/mol. The molecule has 126 valence electrons. The van der Waals surface area contributed by atoms with Gasteiger partial charge in [-0.25, -0.2) is 4.39 Å². The van der Waals surface area contributed by atoms with Crippen LogP contribution in [-0.2, 0) is 18.9 Å². The van der Waals surface area contributed by atoms with Crippen LogP contribution in [0, 0.1) is 5.82 Å². The van der Waals surface area contributed by atoms with Gasteiger partial charge in [-0.2, -0.15) is 8.78 Å². The molecule has 1 aliphatic rings. The normalized spacial score (nSPS) is 13.3. The number of carbonyl (C=O) groups excluding carboxylic acids is 1. The summed E-state index contributed by atoms with van der Waals surface area (Å²) >= 11 is 0. The number of amides is 1. The lowest BCUT2D eigenvalue weighted by molar-refractivity contribution is 0.00868. The van der Waals surface area contributed by atoms with E-state index in [-0.39, 0.29) is 12.1 Å². The van der Waals surface area contributed by atoms with Crippen LogP contribution >= 0.6 is 0 Å². The van der Waals surface area contributed by atoms with Crippen LogP contribution in [0.1, 0.15) is 34.1 Å². The molecular formula is C16H14F3N3O2. The highest BCUT2D eigenvalue weighted by atomic mass is 19.3. The molecule has 0 unspecified atom stereocenters. The van der Waals surface area contributed by atoms with E-state index in [1.807, 2.05) is 0 Å². The van der Waals surface area contributed by atoms with Crippen molar-refractivity contribution in [2.75, 3.05) is 6.61 Å². The third-order valence-corrected chi connectivity index (χ3v) is 3.68.